The molecule has 0 spiro atoms. The minimum Gasteiger partial charge on any atom is -0.394 e. The largest absolute Gasteiger partial charge is 0.394 e. The number of carbonyl (C=O) groups is 4. The molecule has 0 heterocycles. The van der Waals surface area contributed by atoms with Crippen LogP contribution in [0.5, 0.6) is 0 Å². The van der Waals surface area contributed by atoms with E-state index in [0.29, 0.717) is 25.7 Å². The highest BCUT2D eigenvalue weighted by molar-refractivity contribution is 6.27. The van der Waals surface area contributed by atoms with Crippen molar-refractivity contribution in [1.29, 1.82) is 0 Å². The molecule has 0 aliphatic heterocycles. The number of hydrogen-bond acceptors (Lipinski definition) is 10. The zero-order valence-electron chi connectivity index (χ0n) is 37.3. The Hall–Kier alpha value is -1.56. The molecule has 0 amide bonds. The molecule has 10 nitrogen and oxygen atoms in total. The Kier molecular flexibility index (Phi) is 37.3. The van der Waals surface area contributed by atoms with Crippen LogP contribution in [0, 0.1) is 5.41 Å². The van der Waals surface area contributed by atoms with Gasteiger partial charge in [0.2, 0.25) is 0 Å². The summed E-state index contributed by atoms with van der Waals surface area (Å²) in [6, 6.07) is 0. The molecule has 0 saturated carbocycles. The van der Waals surface area contributed by atoms with Crippen LogP contribution in [0.25, 0.3) is 0 Å². The molecule has 4 atom stereocenters. The van der Waals surface area contributed by atoms with Crippen molar-refractivity contribution in [3.8, 4) is 0 Å². The van der Waals surface area contributed by atoms with Crippen LogP contribution < -0.4 is 0 Å². The third kappa shape index (κ3) is 25.9. The molecule has 10 heteroatoms. The Morgan fingerprint density at radius 1 is 0.379 bits per heavy atom. The second-order valence-corrected chi connectivity index (χ2v) is 17.3. The molecule has 0 rings (SSSR count). The molecule has 0 aromatic heterocycles. The lowest BCUT2D eigenvalue weighted by Gasteiger charge is -2.33. The van der Waals surface area contributed by atoms with Crippen molar-refractivity contribution in [2.75, 3.05) is 13.2 Å². The van der Waals surface area contributed by atoms with Crippen molar-refractivity contribution in [1.82, 2.24) is 0 Å². The minimum absolute atomic E-state index is 0.233. The van der Waals surface area contributed by atoms with Crippen LogP contribution in [0.4, 0.5) is 0 Å². The maximum atomic E-state index is 14.0. The number of aliphatic hydroxyl groups excluding tert-OH is 6. The van der Waals surface area contributed by atoms with Crippen LogP contribution in [-0.2, 0) is 19.2 Å². The average Bonchev–Trinajstić information content (AvgIpc) is 3.23. The van der Waals surface area contributed by atoms with E-state index < -0.39 is 72.6 Å². The second kappa shape index (κ2) is 38.4. The fraction of sp³-hybridized carbons (Fsp3) is 0.917. The molecule has 0 aliphatic rings. The van der Waals surface area contributed by atoms with Crippen molar-refractivity contribution in [3.63, 3.8) is 0 Å². The molecule has 6 N–H and O–H groups in total. The Bertz CT molecular complexity index is 968. The molecule has 0 radical (unpaired) electrons. The number of rotatable bonds is 45. The van der Waals surface area contributed by atoms with Gasteiger partial charge in [0.25, 0.3) is 0 Å². The Balaban J connectivity index is 5.16. The van der Waals surface area contributed by atoms with E-state index in [1.165, 1.54) is 128 Å². The van der Waals surface area contributed by atoms with Gasteiger partial charge in [-0.25, -0.2) is 0 Å². The van der Waals surface area contributed by atoms with Gasteiger partial charge in [0, 0.05) is 19.3 Å². The van der Waals surface area contributed by atoms with Crippen LogP contribution in [-0.4, -0.2) is 91.4 Å². The summed E-state index contributed by atoms with van der Waals surface area (Å²) in [6.07, 6.45) is 26.1. The molecule has 0 aliphatic carbocycles. The summed E-state index contributed by atoms with van der Waals surface area (Å²) in [7, 11) is 0. The van der Waals surface area contributed by atoms with E-state index in [1.807, 2.05) is 0 Å². The fourth-order valence-corrected chi connectivity index (χ4v) is 8.02. The lowest BCUT2D eigenvalue weighted by atomic mass is 9.66. The highest BCUT2D eigenvalue weighted by atomic mass is 16.4. The summed E-state index contributed by atoms with van der Waals surface area (Å²) in [5.74, 6) is -4.36. The van der Waals surface area contributed by atoms with Crippen LogP contribution >= 0.6 is 0 Å². The topological polar surface area (TPSA) is 190 Å². The van der Waals surface area contributed by atoms with E-state index in [2.05, 4.69) is 13.8 Å². The molecule has 4 unspecified atom stereocenters. The highest BCUT2D eigenvalue weighted by Crippen LogP contribution is 2.35. The Labute approximate surface area is 353 Å². The maximum absolute atomic E-state index is 14.0. The molecule has 58 heavy (non-hydrogen) atoms. The molecule has 0 bridgehead atoms. The number of carbonyl (C=O) groups excluding carboxylic acids is 4. The highest BCUT2D eigenvalue weighted by Gasteiger charge is 2.55. The van der Waals surface area contributed by atoms with Gasteiger partial charge in [-0.15, -0.1) is 0 Å². The van der Waals surface area contributed by atoms with E-state index in [4.69, 9.17) is 0 Å². The van der Waals surface area contributed by atoms with E-state index in [-0.39, 0.29) is 12.8 Å². The standard InChI is InChI=1S/C48H90O10/c1-3-5-7-9-11-13-15-17-19-21-23-25-27-29-31-33-35-43(54)48(47(58)46(57)42(53)39-50,37-40(51)45(56)41(52)38-49)44(55)36-34-32-30-28-26-24-22-20-18-16-14-12-10-8-6-4-2/h41-42,45-46,49-50,52-53,56-57H,3-39H2,1-2H3. The Morgan fingerprint density at radius 2 is 0.621 bits per heavy atom. The average molecular weight is 827 g/mol. The zero-order valence-corrected chi connectivity index (χ0v) is 37.3. The van der Waals surface area contributed by atoms with E-state index in [1.54, 1.807) is 0 Å². The third-order valence-corrected chi connectivity index (χ3v) is 12.0. The number of unbranched alkanes of at least 4 members (excludes halogenated alkanes) is 30. The lowest BCUT2D eigenvalue weighted by molar-refractivity contribution is -0.161. The molecule has 0 aromatic rings. The van der Waals surface area contributed by atoms with E-state index in [0.717, 1.165) is 51.4 Å². The summed E-state index contributed by atoms with van der Waals surface area (Å²) in [5.41, 5.74) is -2.70. The van der Waals surface area contributed by atoms with Crippen molar-refractivity contribution in [3.05, 3.63) is 0 Å². The van der Waals surface area contributed by atoms with Crippen LogP contribution in [0.1, 0.15) is 239 Å². The molecule has 0 fully saturated rings. The van der Waals surface area contributed by atoms with Gasteiger partial charge in [-0.2, -0.15) is 0 Å². The molecular formula is C48H90O10. The van der Waals surface area contributed by atoms with Gasteiger partial charge in [-0.1, -0.05) is 206 Å². The minimum atomic E-state index is -2.70. The van der Waals surface area contributed by atoms with Gasteiger partial charge in [0.1, 0.15) is 24.4 Å². The number of ketones is 4. The van der Waals surface area contributed by atoms with Gasteiger partial charge in [-0.3, -0.25) is 19.2 Å². The predicted molar refractivity (Wildman–Crippen MR) is 234 cm³/mol. The molecular weight excluding hydrogens is 737 g/mol. The van der Waals surface area contributed by atoms with Gasteiger partial charge >= 0.3 is 0 Å². The SMILES string of the molecule is CCCCCCCCCCCCCCCCCCC(=O)C(CC(=O)C(O)C(O)CO)(C(=O)CCCCCCCCCCCCCCCCCC)C(=O)C(O)C(O)CO. The Morgan fingerprint density at radius 3 is 0.879 bits per heavy atom. The fourth-order valence-electron chi connectivity index (χ4n) is 8.02. The first-order valence-corrected chi connectivity index (χ1v) is 24.1. The first kappa shape index (κ1) is 56.4. The van der Waals surface area contributed by atoms with Gasteiger partial charge in [0.05, 0.1) is 13.2 Å². The summed E-state index contributed by atoms with van der Waals surface area (Å²) in [6.45, 7) is 2.47. The lowest BCUT2D eigenvalue weighted by Crippen LogP contribution is -2.56. The monoisotopic (exact) mass is 827 g/mol. The molecule has 0 aromatic carbocycles. The quantitative estimate of drug-likeness (QED) is 0.0255. The van der Waals surface area contributed by atoms with E-state index >= 15 is 0 Å². The predicted octanol–water partition coefficient (Wildman–Crippen LogP) is 9.37. The van der Waals surface area contributed by atoms with Crippen molar-refractivity contribution in [2.24, 2.45) is 5.41 Å². The third-order valence-electron chi connectivity index (χ3n) is 12.0. The normalized spacial score (nSPS) is 14.0. The first-order chi connectivity index (χ1) is 28.0. The van der Waals surface area contributed by atoms with Crippen molar-refractivity contribution >= 4 is 23.1 Å². The van der Waals surface area contributed by atoms with Crippen LogP contribution in [0.3, 0.4) is 0 Å². The van der Waals surface area contributed by atoms with Crippen molar-refractivity contribution in [2.45, 2.75) is 263 Å². The summed E-state index contributed by atoms with van der Waals surface area (Å²) >= 11 is 0. The van der Waals surface area contributed by atoms with Gasteiger partial charge in [0.15, 0.2) is 28.5 Å². The summed E-state index contributed by atoms with van der Waals surface area (Å²) < 4.78 is 0. The van der Waals surface area contributed by atoms with Gasteiger partial charge < -0.3 is 30.6 Å². The number of aliphatic hydroxyl groups is 6. The van der Waals surface area contributed by atoms with Crippen LogP contribution in [0.2, 0.25) is 0 Å². The smallest absolute Gasteiger partial charge is 0.185 e. The maximum Gasteiger partial charge on any atom is 0.185 e. The molecule has 0 saturated heterocycles. The summed E-state index contributed by atoms with van der Waals surface area (Å²) in [4.78, 5) is 55.2. The zero-order chi connectivity index (χ0) is 43.3. The van der Waals surface area contributed by atoms with E-state index in [9.17, 15) is 49.8 Å². The second-order valence-electron chi connectivity index (χ2n) is 17.3. The van der Waals surface area contributed by atoms with Gasteiger partial charge in [-0.05, 0) is 12.8 Å². The number of hydrogen-bond donors (Lipinski definition) is 6. The molecule has 342 valence electrons. The van der Waals surface area contributed by atoms with Crippen LogP contribution in [0.15, 0.2) is 0 Å². The number of Topliss-reactive ketones (excluding diaryl/α,β-unsaturated/α-hetero) is 4. The van der Waals surface area contributed by atoms with Crippen molar-refractivity contribution < 1.29 is 49.8 Å². The first-order valence-electron chi connectivity index (χ1n) is 24.1. The summed E-state index contributed by atoms with van der Waals surface area (Å²) in [5, 5.41) is 60.1.